The SMILES string of the molecule is O=C(Nc1ccc(Cl)cc1Cl)N1CCS[C@@H]1c1cccc(F)c1. The molecular formula is C16H13Cl2FN2OS. The summed E-state index contributed by atoms with van der Waals surface area (Å²) in [5.41, 5.74) is 1.26. The summed E-state index contributed by atoms with van der Waals surface area (Å²) in [5.74, 6) is 0.485. The van der Waals surface area contributed by atoms with Gasteiger partial charge in [-0.05, 0) is 35.9 Å². The quantitative estimate of drug-likeness (QED) is 0.765. The summed E-state index contributed by atoms with van der Waals surface area (Å²) in [7, 11) is 0. The van der Waals surface area contributed by atoms with Crippen LogP contribution in [0.4, 0.5) is 14.9 Å². The number of thioether (sulfide) groups is 1. The van der Waals surface area contributed by atoms with Crippen molar-refractivity contribution >= 4 is 46.7 Å². The van der Waals surface area contributed by atoms with Gasteiger partial charge >= 0.3 is 6.03 Å². The number of halogens is 3. The van der Waals surface area contributed by atoms with E-state index in [1.165, 1.54) is 12.1 Å². The second-order valence-electron chi connectivity index (χ2n) is 5.03. The number of hydrogen-bond acceptors (Lipinski definition) is 2. The van der Waals surface area contributed by atoms with E-state index in [1.807, 2.05) is 6.07 Å². The van der Waals surface area contributed by atoms with Crippen LogP contribution < -0.4 is 5.32 Å². The van der Waals surface area contributed by atoms with Gasteiger partial charge in [-0.1, -0.05) is 35.3 Å². The molecule has 1 saturated heterocycles. The van der Waals surface area contributed by atoms with Crippen molar-refractivity contribution in [2.24, 2.45) is 0 Å². The predicted octanol–water partition coefficient (Wildman–Crippen LogP) is 5.41. The Hall–Kier alpha value is -1.43. The molecule has 1 fully saturated rings. The molecule has 2 aromatic carbocycles. The van der Waals surface area contributed by atoms with Gasteiger partial charge in [0.15, 0.2) is 0 Å². The van der Waals surface area contributed by atoms with Gasteiger partial charge in [0, 0.05) is 17.3 Å². The number of carbonyl (C=O) groups excluding carboxylic acids is 1. The second kappa shape index (κ2) is 6.99. The van der Waals surface area contributed by atoms with Gasteiger partial charge in [-0.15, -0.1) is 11.8 Å². The first-order valence-corrected chi connectivity index (χ1v) is 8.75. The molecule has 0 unspecified atom stereocenters. The van der Waals surface area contributed by atoms with Crippen LogP contribution in [0.5, 0.6) is 0 Å². The van der Waals surface area contributed by atoms with Crippen LogP contribution in [0, 0.1) is 5.82 Å². The summed E-state index contributed by atoms with van der Waals surface area (Å²) in [5, 5.41) is 3.45. The number of rotatable bonds is 2. The standard InChI is InChI=1S/C16H13Cl2FN2OS/c17-11-4-5-14(13(18)9-11)20-16(22)21-6-7-23-15(21)10-2-1-3-12(19)8-10/h1-5,8-9,15H,6-7H2,(H,20,22)/t15-/m1/s1. The predicted molar refractivity (Wildman–Crippen MR) is 93.8 cm³/mol. The molecule has 0 aromatic heterocycles. The third-order valence-corrected chi connectivity index (χ3v) is 5.27. The number of benzene rings is 2. The molecule has 1 aliphatic rings. The number of urea groups is 1. The van der Waals surface area contributed by atoms with E-state index in [2.05, 4.69) is 5.32 Å². The van der Waals surface area contributed by atoms with E-state index < -0.39 is 0 Å². The molecular weight excluding hydrogens is 358 g/mol. The zero-order valence-corrected chi connectivity index (χ0v) is 14.3. The van der Waals surface area contributed by atoms with Gasteiger partial charge < -0.3 is 10.2 Å². The molecule has 120 valence electrons. The van der Waals surface area contributed by atoms with Gasteiger partial charge in [0.2, 0.25) is 0 Å². The molecule has 23 heavy (non-hydrogen) atoms. The minimum Gasteiger partial charge on any atom is -0.308 e. The second-order valence-corrected chi connectivity index (χ2v) is 7.06. The van der Waals surface area contributed by atoms with Crippen molar-refractivity contribution in [2.45, 2.75) is 5.37 Å². The van der Waals surface area contributed by atoms with Crippen LogP contribution in [-0.2, 0) is 0 Å². The van der Waals surface area contributed by atoms with Crippen LogP contribution in [0.25, 0.3) is 0 Å². The highest BCUT2D eigenvalue weighted by Gasteiger charge is 2.31. The minimum absolute atomic E-state index is 0.211. The van der Waals surface area contributed by atoms with Crippen molar-refractivity contribution in [1.29, 1.82) is 0 Å². The van der Waals surface area contributed by atoms with Crippen molar-refractivity contribution in [1.82, 2.24) is 4.90 Å². The first-order valence-electron chi connectivity index (χ1n) is 6.94. The van der Waals surface area contributed by atoms with Crippen molar-refractivity contribution < 1.29 is 9.18 Å². The van der Waals surface area contributed by atoms with E-state index in [9.17, 15) is 9.18 Å². The lowest BCUT2D eigenvalue weighted by molar-refractivity contribution is 0.214. The Morgan fingerprint density at radius 1 is 1.26 bits per heavy atom. The number of anilines is 1. The van der Waals surface area contributed by atoms with Gasteiger partial charge in [-0.3, -0.25) is 0 Å². The highest BCUT2D eigenvalue weighted by Crippen LogP contribution is 2.38. The van der Waals surface area contributed by atoms with Crippen LogP contribution >= 0.6 is 35.0 Å². The largest absolute Gasteiger partial charge is 0.323 e. The summed E-state index contributed by atoms with van der Waals surface area (Å²) in [6, 6.07) is 10.9. The molecule has 0 bridgehead atoms. The van der Waals surface area contributed by atoms with E-state index in [0.717, 1.165) is 11.3 Å². The summed E-state index contributed by atoms with van der Waals surface area (Å²) < 4.78 is 13.4. The number of carbonyl (C=O) groups is 1. The first kappa shape index (κ1) is 16.4. The maximum absolute atomic E-state index is 13.4. The van der Waals surface area contributed by atoms with Crippen LogP contribution in [0.2, 0.25) is 10.0 Å². The molecule has 0 saturated carbocycles. The average molecular weight is 371 g/mol. The fraction of sp³-hybridized carbons (Fsp3) is 0.188. The average Bonchev–Trinajstić information content (AvgIpc) is 2.99. The molecule has 0 spiro atoms. The lowest BCUT2D eigenvalue weighted by atomic mass is 10.2. The van der Waals surface area contributed by atoms with E-state index >= 15 is 0 Å². The van der Waals surface area contributed by atoms with E-state index in [0.29, 0.717) is 22.3 Å². The molecule has 2 amide bonds. The fourth-order valence-corrected chi connectivity index (χ4v) is 4.09. The Balaban J connectivity index is 1.78. The monoisotopic (exact) mass is 370 g/mol. The lowest BCUT2D eigenvalue weighted by Crippen LogP contribution is -2.34. The maximum Gasteiger partial charge on any atom is 0.323 e. The highest BCUT2D eigenvalue weighted by molar-refractivity contribution is 7.99. The van der Waals surface area contributed by atoms with Crippen LogP contribution in [0.3, 0.4) is 0 Å². The first-order chi connectivity index (χ1) is 11.0. The molecule has 0 aliphatic carbocycles. The Bertz CT molecular complexity index is 744. The van der Waals surface area contributed by atoms with Crippen LogP contribution in [0.1, 0.15) is 10.9 Å². The molecule has 2 aromatic rings. The summed E-state index contributed by atoms with van der Waals surface area (Å²) in [4.78, 5) is 14.2. The van der Waals surface area contributed by atoms with Crippen LogP contribution in [0.15, 0.2) is 42.5 Å². The molecule has 1 heterocycles. The van der Waals surface area contributed by atoms with Gasteiger partial charge in [0.1, 0.15) is 11.2 Å². The van der Waals surface area contributed by atoms with Crippen molar-refractivity contribution in [2.75, 3.05) is 17.6 Å². The van der Waals surface area contributed by atoms with Gasteiger partial charge in [0.25, 0.3) is 0 Å². The summed E-state index contributed by atoms with van der Waals surface area (Å²) in [6.45, 7) is 0.586. The van der Waals surface area contributed by atoms with Gasteiger partial charge in [0.05, 0.1) is 10.7 Å². The molecule has 3 nitrogen and oxygen atoms in total. The Kier molecular flexibility index (Phi) is 4.99. The van der Waals surface area contributed by atoms with E-state index in [1.54, 1.807) is 40.9 Å². The summed E-state index contributed by atoms with van der Waals surface area (Å²) >= 11 is 13.5. The normalized spacial score (nSPS) is 17.3. The zero-order valence-electron chi connectivity index (χ0n) is 11.9. The number of amides is 2. The number of nitrogens with one attached hydrogen (secondary N) is 1. The topological polar surface area (TPSA) is 32.3 Å². The Morgan fingerprint density at radius 2 is 2.09 bits per heavy atom. The molecule has 1 N–H and O–H groups in total. The van der Waals surface area contributed by atoms with Crippen molar-refractivity contribution in [3.63, 3.8) is 0 Å². The molecule has 0 radical (unpaired) electrons. The Labute approximate surface area is 147 Å². The van der Waals surface area contributed by atoms with E-state index in [4.69, 9.17) is 23.2 Å². The Morgan fingerprint density at radius 3 is 2.83 bits per heavy atom. The minimum atomic E-state index is -0.309. The summed E-state index contributed by atoms with van der Waals surface area (Å²) in [6.07, 6.45) is 0. The van der Waals surface area contributed by atoms with Gasteiger partial charge in [-0.25, -0.2) is 9.18 Å². The smallest absolute Gasteiger partial charge is 0.308 e. The van der Waals surface area contributed by atoms with Crippen molar-refractivity contribution in [3.05, 3.63) is 63.9 Å². The molecule has 7 heteroatoms. The van der Waals surface area contributed by atoms with Crippen LogP contribution in [-0.4, -0.2) is 23.2 Å². The maximum atomic E-state index is 13.4. The van der Waals surface area contributed by atoms with Gasteiger partial charge in [-0.2, -0.15) is 0 Å². The third kappa shape index (κ3) is 3.74. The molecule has 1 aliphatic heterocycles. The van der Waals surface area contributed by atoms with E-state index in [-0.39, 0.29) is 17.2 Å². The number of hydrogen-bond donors (Lipinski definition) is 1. The highest BCUT2D eigenvalue weighted by atomic mass is 35.5. The molecule has 3 rings (SSSR count). The van der Waals surface area contributed by atoms with Crippen molar-refractivity contribution in [3.8, 4) is 0 Å². The lowest BCUT2D eigenvalue weighted by Gasteiger charge is -2.24. The number of nitrogens with zero attached hydrogens (tertiary/aromatic N) is 1. The molecule has 1 atom stereocenters. The fourth-order valence-electron chi connectivity index (χ4n) is 2.39. The third-order valence-electron chi connectivity index (χ3n) is 3.46. The zero-order chi connectivity index (χ0) is 16.4.